The molecule has 0 saturated heterocycles. The van der Waals surface area contributed by atoms with Crippen LogP contribution in [0, 0.1) is 5.82 Å². The van der Waals surface area contributed by atoms with E-state index in [0.29, 0.717) is 5.69 Å². The Morgan fingerprint density at radius 2 is 1.86 bits per heavy atom. The summed E-state index contributed by atoms with van der Waals surface area (Å²) in [5.74, 6) is -0.750. The molecular formula is C15H17FN2O2S. The maximum absolute atomic E-state index is 13.4. The van der Waals surface area contributed by atoms with Gasteiger partial charge >= 0.3 is 0 Å². The van der Waals surface area contributed by atoms with E-state index in [9.17, 15) is 12.8 Å². The minimum Gasteiger partial charge on any atom is -0.395 e. The van der Waals surface area contributed by atoms with Crippen LogP contribution in [0.5, 0.6) is 0 Å². The number of nitrogens with one attached hydrogen (secondary N) is 1. The predicted molar refractivity (Wildman–Crippen MR) is 82.1 cm³/mol. The normalized spacial score (nSPS) is 11.3. The lowest BCUT2D eigenvalue weighted by Crippen LogP contribution is -2.16. The summed E-state index contributed by atoms with van der Waals surface area (Å²) >= 11 is 0. The van der Waals surface area contributed by atoms with E-state index in [2.05, 4.69) is 4.72 Å². The van der Waals surface area contributed by atoms with Crippen LogP contribution in [0.1, 0.15) is 18.9 Å². The number of aryl methyl sites for hydroxylation is 1. The zero-order valence-electron chi connectivity index (χ0n) is 11.6. The first kappa shape index (κ1) is 15.3. The van der Waals surface area contributed by atoms with Gasteiger partial charge in [0.15, 0.2) is 0 Å². The van der Waals surface area contributed by atoms with Crippen molar-refractivity contribution in [3.8, 4) is 0 Å². The summed E-state index contributed by atoms with van der Waals surface area (Å²) < 4.78 is 40.7. The monoisotopic (exact) mass is 308 g/mol. The van der Waals surface area contributed by atoms with Gasteiger partial charge in [0.2, 0.25) is 0 Å². The average Bonchev–Trinajstić information content (AvgIpc) is 2.44. The van der Waals surface area contributed by atoms with E-state index in [4.69, 9.17) is 5.73 Å². The lowest BCUT2D eigenvalue weighted by molar-refractivity contribution is 0.597. The Bertz CT molecular complexity index is 745. The van der Waals surface area contributed by atoms with E-state index in [1.165, 1.54) is 12.1 Å². The quantitative estimate of drug-likeness (QED) is 0.833. The zero-order valence-corrected chi connectivity index (χ0v) is 12.5. The Kier molecular flexibility index (Phi) is 4.47. The van der Waals surface area contributed by atoms with Gasteiger partial charge in [-0.1, -0.05) is 37.6 Å². The standard InChI is InChI=1S/C15H17FN2O2S/c1-2-6-11-7-3-4-9-13(11)18-21(19,20)14-10-5-8-12(16)15(14)17/h3-5,7-10,18H,2,6,17H2,1H3. The topological polar surface area (TPSA) is 72.2 Å². The summed E-state index contributed by atoms with van der Waals surface area (Å²) in [6, 6.07) is 10.8. The number of para-hydroxylation sites is 2. The van der Waals surface area contributed by atoms with Crippen LogP contribution in [0.4, 0.5) is 15.8 Å². The number of nitrogen functional groups attached to an aromatic ring is 1. The number of anilines is 2. The molecule has 0 amide bonds. The van der Waals surface area contributed by atoms with Crippen LogP contribution in [0.3, 0.4) is 0 Å². The van der Waals surface area contributed by atoms with Gasteiger partial charge in [-0.2, -0.15) is 0 Å². The van der Waals surface area contributed by atoms with Gasteiger partial charge in [0.25, 0.3) is 10.0 Å². The fraction of sp³-hybridized carbons (Fsp3) is 0.200. The number of rotatable bonds is 5. The van der Waals surface area contributed by atoms with Crippen molar-refractivity contribution in [2.75, 3.05) is 10.5 Å². The second-order valence-electron chi connectivity index (χ2n) is 4.66. The third-order valence-electron chi connectivity index (χ3n) is 3.08. The molecule has 112 valence electrons. The summed E-state index contributed by atoms with van der Waals surface area (Å²) in [6.07, 6.45) is 1.64. The Morgan fingerprint density at radius 1 is 1.14 bits per heavy atom. The summed E-state index contributed by atoms with van der Waals surface area (Å²) in [5, 5.41) is 0. The summed E-state index contributed by atoms with van der Waals surface area (Å²) in [7, 11) is -3.92. The van der Waals surface area contributed by atoms with Crippen LogP contribution < -0.4 is 10.5 Å². The van der Waals surface area contributed by atoms with Crippen LogP contribution in [0.2, 0.25) is 0 Å². The average molecular weight is 308 g/mol. The molecule has 0 spiro atoms. The molecule has 6 heteroatoms. The van der Waals surface area contributed by atoms with E-state index < -0.39 is 15.8 Å². The van der Waals surface area contributed by atoms with Gasteiger partial charge in [0.1, 0.15) is 10.7 Å². The van der Waals surface area contributed by atoms with Gasteiger partial charge in [0.05, 0.1) is 11.4 Å². The van der Waals surface area contributed by atoms with Crippen LogP contribution in [-0.2, 0) is 16.4 Å². The number of benzene rings is 2. The Balaban J connectivity index is 2.40. The van der Waals surface area contributed by atoms with Crippen molar-refractivity contribution in [2.24, 2.45) is 0 Å². The summed E-state index contributed by atoms with van der Waals surface area (Å²) in [4.78, 5) is -0.256. The Labute approximate surface area is 123 Å². The summed E-state index contributed by atoms with van der Waals surface area (Å²) in [6.45, 7) is 2.01. The third kappa shape index (κ3) is 3.33. The molecule has 0 atom stereocenters. The van der Waals surface area contributed by atoms with Gasteiger partial charge in [-0.15, -0.1) is 0 Å². The highest BCUT2D eigenvalue weighted by atomic mass is 32.2. The molecule has 0 heterocycles. The van der Waals surface area contributed by atoms with Crippen molar-refractivity contribution >= 4 is 21.4 Å². The molecule has 0 aromatic heterocycles. The number of hydrogen-bond acceptors (Lipinski definition) is 3. The van der Waals surface area contributed by atoms with E-state index in [1.54, 1.807) is 12.1 Å². The van der Waals surface area contributed by atoms with Crippen molar-refractivity contribution in [1.29, 1.82) is 0 Å². The van der Waals surface area contributed by atoms with Crippen molar-refractivity contribution < 1.29 is 12.8 Å². The maximum Gasteiger partial charge on any atom is 0.264 e. The number of halogens is 1. The van der Waals surface area contributed by atoms with Gasteiger partial charge in [-0.3, -0.25) is 4.72 Å². The molecule has 0 aliphatic heterocycles. The van der Waals surface area contributed by atoms with Gasteiger partial charge in [0, 0.05) is 0 Å². The van der Waals surface area contributed by atoms with Crippen molar-refractivity contribution in [2.45, 2.75) is 24.7 Å². The third-order valence-corrected chi connectivity index (χ3v) is 4.51. The molecule has 0 fully saturated rings. The van der Waals surface area contributed by atoms with Gasteiger partial charge in [-0.05, 0) is 30.2 Å². The first-order chi connectivity index (χ1) is 9.95. The number of nitrogens with two attached hydrogens (primary N) is 1. The molecule has 21 heavy (non-hydrogen) atoms. The van der Waals surface area contributed by atoms with Gasteiger partial charge in [-0.25, -0.2) is 12.8 Å². The number of hydrogen-bond donors (Lipinski definition) is 2. The highest BCUT2D eigenvalue weighted by Gasteiger charge is 2.20. The maximum atomic E-state index is 13.4. The molecule has 4 nitrogen and oxygen atoms in total. The van der Waals surface area contributed by atoms with Crippen LogP contribution >= 0.6 is 0 Å². The molecule has 0 bridgehead atoms. The minimum atomic E-state index is -3.92. The van der Waals surface area contributed by atoms with E-state index in [1.807, 2.05) is 19.1 Å². The van der Waals surface area contributed by atoms with Gasteiger partial charge < -0.3 is 5.73 Å². The smallest absolute Gasteiger partial charge is 0.264 e. The highest BCUT2D eigenvalue weighted by molar-refractivity contribution is 7.92. The SMILES string of the molecule is CCCc1ccccc1NS(=O)(=O)c1cccc(F)c1N. The predicted octanol–water partition coefficient (Wildman–Crippen LogP) is 3.16. The molecule has 0 radical (unpaired) electrons. The largest absolute Gasteiger partial charge is 0.395 e. The number of sulfonamides is 1. The molecule has 2 aromatic carbocycles. The Hall–Kier alpha value is -2.08. The van der Waals surface area contributed by atoms with Crippen LogP contribution in [0.25, 0.3) is 0 Å². The minimum absolute atomic E-state index is 0.256. The zero-order chi connectivity index (χ0) is 15.5. The molecular weight excluding hydrogens is 291 g/mol. The second-order valence-corrected chi connectivity index (χ2v) is 6.32. The van der Waals surface area contributed by atoms with Crippen LogP contribution in [-0.4, -0.2) is 8.42 Å². The fourth-order valence-electron chi connectivity index (χ4n) is 2.06. The molecule has 0 saturated carbocycles. The van der Waals surface area contributed by atoms with E-state index in [0.717, 1.165) is 24.5 Å². The highest BCUT2D eigenvalue weighted by Crippen LogP contribution is 2.25. The van der Waals surface area contributed by atoms with Crippen molar-refractivity contribution in [3.63, 3.8) is 0 Å². The first-order valence-corrected chi connectivity index (χ1v) is 8.08. The second kappa shape index (κ2) is 6.13. The molecule has 0 unspecified atom stereocenters. The Morgan fingerprint density at radius 3 is 2.57 bits per heavy atom. The molecule has 0 aliphatic carbocycles. The lowest BCUT2D eigenvalue weighted by Gasteiger charge is -2.13. The van der Waals surface area contributed by atoms with Crippen molar-refractivity contribution in [1.82, 2.24) is 0 Å². The molecule has 0 aliphatic rings. The molecule has 2 rings (SSSR count). The van der Waals surface area contributed by atoms with E-state index in [-0.39, 0.29) is 10.6 Å². The summed E-state index contributed by atoms with van der Waals surface area (Å²) in [5.41, 5.74) is 6.52. The fourth-order valence-corrected chi connectivity index (χ4v) is 3.30. The first-order valence-electron chi connectivity index (χ1n) is 6.60. The molecule has 2 aromatic rings. The lowest BCUT2D eigenvalue weighted by atomic mass is 10.1. The van der Waals surface area contributed by atoms with Crippen LogP contribution in [0.15, 0.2) is 47.4 Å². The van der Waals surface area contributed by atoms with Crippen molar-refractivity contribution in [3.05, 3.63) is 53.8 Å². The van der Waals surface area contributed by atoms with E-state index >= 15 is 0 Å². The molecule has 3 N–H and O–H groups in total.